The van der Waals surface area contributed by atoms with Gasteiger partial charge in [0.1, 0.15) is 5.82 Å². The van der Waals surface area contributed by atoms with E-state index in [4.69, 9.17) is 4.74 Å². The van der Waals surface area contributed by atoms with E-state index in [0.29, 0.717) is 20.9 Å². The first-order valence-corrected chi connectivity index (χ1v) is 11.6. The second-order valence-electron chi connectivity index (χ2n) is 7.25. The number of nitrogens with zero attached hydrogens (tertiary/aromatic N) is 3. The van der Waals surface area contributed by atoms with Crippen molar-refractivity contribution in [2.24, 2.45) is 0 Å². The van der Waals surface area contributed by atoms with Crippen LogP contribution < -0.4 is 5.32 Å². The van der Waals surface area contributed by atoms with Crippen LogP contribution in [0.15, 0.2) is 34.7 Å². The van der Waals surface area contributed by atoms with Crippen LogP contribution in [0.2, 0.25) is 0 Å². The fourth-order valence-electron chi connectivity index (χ4n) is 3.57. The lowest BCUT2D eigenvalue weighted by atomic mass is 10.2. The van der Waals surface area contributed by atoms with Gasteiger partial charge in [-0.05, 0) is 51.0 Å². The summed E-state index contributed by atoms with van der Waals surface area (Å²) in [6.45, 7) is 5.64. The monoisotopic (exact) mass is 446 g/mol. The third-order valence-electron chi connectivity index (χ3n) is 5.09. The molecule has 1 aliphatic rings. The molecule has 3 heterocycles. The number of aromatic nitrogens is 3. The molecule has 0 aliphatic carbocycles. The molecule has 0 saturated carbocycles. The number of aryl methyl sites for hydroxylation is 1. The number of Topliss-reactive ketones (excluding diaryl/α,β-unsaturated/α-hetero) is 1. The number of rotatable bonds is 8. The Kier molecular flexibility index (Phi) is 6.50. The minimum atomic E-state index is -0.318. The molecular formula is C21H23FN4O2S2. The van der Waals surface area contributed by atoms with Gasteiger partial charge in [0.15, 0.2) is 10.1 Å². The quantitative estimate of drug-likeness (QED) is 0.388. The average molecular weight is 447 g/mol. The molecule has 3 aromatic rings. The molecule has 2 aromatic heterocycles. The summed E-state index contributed by atoms with van der Waals surface area (Å²) in [5.74, 6) is 0.0436. The molecule has 9 heteroatoms. The molecule has 1 fully saturated rings. The number of carbonyl (C=O) groups excluding carboxylic acids is 1. The summed E-state index contributed by atoms with van der Waals surface area (Å²) in [6, 6.07) is 8.12. The number of halogens is 1. The van der Waals surface area contributed by atoms with Crippen LogP contribution in [0.5, 0.6) is 0 Å². The van der Waals surface area contributed by atoms with Crippen molar-refractivity contribution in [1.82, 2.24) is 14.8 Å². The Morgan fingerprint density at radius 3 is 3.00 bits per heavy atom. The molecule has 0 spiro atoms. The summed E-state index contributed by atoms with van der Waals surface area (Å²) in [5, 5.41) is 11.8. The zero-order valence-electron chi connectivity index (χ0n) is 16.9. The molecule has 6 nitrogen and oxygen atoms in total. The molecule has 1 unspecified atom stereocenters. The lowest BCUT2D eigenvalue weighted by Crippen LogP contribution is -2.17. The fraction of sp³-hybridized carbons (Fsp3) is 0.381. The van der Waals surface area contributed by atoms with Gasteiger partial charge in [-0.3, -0.25) is 4.79 Å². The molecule has 1 N–H and O–H groups in total. The minimum Gasteiger partial charge on any atom is -0.376 e. The second-order valence-corrected chi connectivity index (χ2v) is 9.45. The highest BCUT2D eigenvalue weighted by Gasteiger charge is 2.21. The number of hydrogen-bond acceptors (Lipinski definition) is 7. The highest BCUT2D eigenvalue weighted by atomic mass is 32.2. The Labute approximate surface area is 182 Å². The van der Waals surface area contributed by atoms with Gasteiger partial charge in [-0.2, -0.15) is 0 Å². The van der Waals surface area contributed by atoms with Crippen LogP contribution >= 0.6 is 23.1 Å². The molecule has 1 atom stereocenters. The lowest BCUT2D eigenvalue weighted by molar-refractivity contribution is 0.0957. The van der Waals surface area contributed by atoms with Crippen molar-refractivity contribution in [3.05, 3.63) is 53.1 Å². The molecule has 0 radical (unpaired) electrons. The lowest BCUT2D eigenvalue weighted by Gasteiger charge is -2.14. The second kappa shape index (κ2) is 9.28. The van der Waals surface area contributed by atoms with Crippen molar-refractivity contribution >= 4 is 39.7 Å². The molecule has 0 bridgehead atoms. The largest absolute Gasteiger partial charge is 0.376 e. The van der Waals surface area contributed by atoms with Crippen LogP contribution in [0.4, 0.5) is 15.2 Å². The number of carbonyl (C=O) groups is 1. The smallest absolute Gasteiger partial charge is 0.210 e. The van der Waals surface area contributed by atoms with Gasteiger partial charge in [-0.25, -0.2) is 4.39 Å². The third kappa shape index (κ3) is 4.91. The van der Waals surface area contributed by atoms with Crippen molar-refractivity contribution in [2.75, 3.05) is 17.7 Å². The van der Waals surface area contributed by atoms with Crippen LogP contribution in [0, 0.1) is 19.7 Å². The van der Waals surface area contributed by atoms with Crippen molar-refractivity contribution in [2.45, 2.75) is 43.7 Å². The van der Waals surface area contributed by atoms with E-state index in [0.717, 1.165) is 42.9 Å². The Balaban J connectivity index is 1.36. The molecule has 1 aromatic carbocycles. The number of ether oxygens (including phenoxy) is 1. The number of thioether (sulfide) groups is 1. The maximum atomic E-state index is 13.3. The molecule has 30 heavy (non-hydrogen) atoms. The number of anilines is 2. The van der Waals surface area contributed by atoms with Gasteiger partial charge >= 0.3 is 0 Å². The van der Waals surface area contributed by atoms with Crippen molar-refractivity contribution in [3.63, 3.8) is 0 Å². The van der Waals surface area contributed by atoms with Gasteiger partial charge in [-0.15, -0.1) is 10.2 Å². The predicted octanol–water partition coefficient (Wildman–Crippen LogP) is 4.99. The van der Waals surface area contributed by atoms with E-state index in [-0.39, 0.29) is 17.7 Å². The number of ketones is 1. The Hall–Kier alpha value is -2.23. The summed E-state index contributed by atoms with van der Waals surface area (Å²) >= 11 is 2.70. The van der Waals surface area contributed by atoms with Gasteiger partial charge in [0.2, 0.25) is 5.13 Å². The van der Waals surface area contributed by atoms with E-state index in [1.54, 1.807) is 12.1 Å². The van der Waals surface area contributed by atoms with E-state index in [9.17, 15) is 9.18 Å². The number of hydrogen-bond donors (Lipinski definition) is 1. The average Bonchev–Trinajstić information content (AvgIpc) is 3.44. The third-order valence-corrected chi connectivity index (χ3v) is 7.07. The molecule has 1 aliphatic heterocycles. The van der Waals surface area contributed by atoms with E-state index < -0.39 is 0 Å². The van der Waals surface area contributed by atoms with Crippen LogP contribution in [0.1, 0.15) is 34.6 Å². The molecule has 1 saturated heterocycles. The van der Waals surface area contributed by atoms with Gasteiger partial charge in [0, 0.05) is 35.8 Å². The SMILES string of the molecule is Cc1cc(C(=O)CSc2nnc(Nc3cccc(F)c3)s2)c(C)n1CC1CCCO1. The Morgan fingerprint density at radius 1 is 1.37 bits per heavy atom. The van der Waals surface area contributed by atoms with Crippen LogP contribution in [-0.2, 0) is 11.3 Å². The van der Waals surface area contributed by atoms with Gasteiger partial charge in [-0.1, -0.05) is 29.2 Å². The van der Waals surface area contributed by atoms with Gasteiger partial charge in [0.25, 0.3) is 0 Å². The first kappa shape index (κ1) is 21.0. The van der Waals surface area contributed by atoms with Crippen molar-refractivity contribution in [1.29, 1.82) is 0 Å². The van der Waals surface area contributed by atoms with Crippen molar-refractivity contribution in [3.8, 4) is 0 Å². The molecular weight excluding hydrogens is 423 g/mol. The Morgan fingerprint density at radius 2 is 2.23 bits per heavy atom. The first-order chi connectivity index (χ1) is 14.5. The summed E-state index contributed by atoms with van der Waals surface area (Å²) < 4.78 is 21.9. The maximum Gasteiger partial charge on any atom is 0.210 e. The van der Waals surface area contributed by atoms with E-state index in [1.165, 1.54) is 35.2 Å². The summed E-state index contributed by atoms with van der Waals surface area (Å²) in [6.07, 6.45) is 2.40. The maximum absolute atomic E-state index is 13.3. The van der Waals surface area contributed by atoms with E-state index >= 15 is 0 Å². The first-order valence-electron chi connectivity index (χ1n) is 9.80. The summed E-state index contributed by atoms with van der Waals surface area (Å²) in [5.41, 5.74) is 3.42. The standard InChI is InChI=1S/C21H23FN4O2S2/c1-13-9-18(14(2)26(13)11-17-7-4-8-28-17)19(27)12-29-21-25-24-20(30-21)23-16-6-3-5-15(22)10-16/h3,5-6,9-10,17H,4,7-8,11-12H2,1-2H3,(H,23,24). The topological polar surface area (TPSA) is 69.0 Å². The molecule has 0 amide bonds. The minimum absolute atomic E-state index is 0.0709. The highest BCUT2D eigenvalue weighted by Crippen LogP contribution is 2.29. The molecule has 158 valence electrons. The fourth-order valence-corrected chi connectivity index (χ4v) is 5.23. The number of nitrogens with one attached hydrogen (secondary N) is 1. The van der Waals surface area contributed by atoms with E-state index in [2.05, 4.69) is 20.1 Å². The van der Waals surface area contributed by atoms with Gasteiger partial charge < -0.3 is 14.6 Å². The summed E-state index contributed by atoms with van der Waals surface area (Å²) in [4.78, 5) is 12.8. The van der Waals surface area contributed by atoms with Crippen LogP contribution in [0.3, 0.4) is 0 Å². The zero-order valence-corrected chi connectivity index (χ0v) is 18.5. The zero-order chi connectivity index (χ0) is 21.1. The van der Waals surface area contributed by atoms with E-state index in [1.807, 2.05) is 19.9 Å². The van der Waals surface area contributed by atoms with Gasteiger partial charge in [0.05, 0.1) is 11.9 Å². The van der Waals surface area contributed by atoms with Crippen LogP contribution in [-0.4, -0.2) is 39.0 Å². The molecule has 4 rings (SSSR count). The predicted molar refractivity (Wildman–Crippen MR) is 118 cm³/mol. The normalized spacial score (nSPS) is 16.2. The Bertz CT molecular complexity index is 1040. The number of benzene rings is 1. The highest BCUT2D eigenvalue weighted by molar-refractivity contribution is 8.01. The summed E-state index contributed by atoms with van der Waals surface area (Å²) in [7, 11) is 0. The van der Waals surface area contributed by atoms with Crippen LogP contribution in [0.25, 0.3) is 0 Å². The van der Waals surface area contributed by atoms with Crippen molar-refractivity contribution < 1.29 is 13.9 Å².